The lowest BCUT2D eigenvalue weighted by atomic mass is 9.97. The summed E-state index contributed by atoms with van der Waals surface area (Å²) in [7, 11) is 1.70. The maximum atomic E-state index is 5.84. The van der Waals surface area contributed by atoms with Gasteiger partial charge >= 0.3 is 0 Å². The molecule has 1 nitrogen and oxygen atoms in total. The summed E-state index contributed by atoms with van der Waals surface area (Å²) in [5, 5.41) is 2.71. The molecule has 0 spiro atoms. The van der Waals surface area contributed by atoms with E-state index in [4.69, 9.17) is 16.3 Å². The van der Waals surface area contributed by atoms with Gasteiger partial charge in [-0.15, -0.1) is 23.4 Å². The van der Waals surface area contributed by atoms with Crippen molar-refractivity contribution in [1.29, 1.82) is 0 Å². The van der Waals surface area contributed by atoms with Crippen molar-refractivity contribution in [2.24, 2.45) is 0 Å². The van der Waals surface area contributed by atoms with E-state index in [2.05, 4.69) is 24.5 Å². The first-order valence-electron chi connectivity index (χ1n) is 5.32. The summed E-state index contributed by atoms with van der Waals surface area (Å²) in [6, 6.07) is 6.30. The topological polar surface area (TPSA) is 9.23 Å². The second kappa shape index (κ2) is 5.15. The molecule has 0 bridgehead atoms. The summed E-state index contributed by atoms with van der Waals surface area (Å²) in [5.74, 6) is 1.62. The number of benzene rings is 1. The Hall–Kier alpha value is -0.600. The quantitative estimate of drug-likeness (QED) is 0.736. The molecule has 0 aliphatic carbocycles. The van der Waals surface area contributed by atoms with Gasteiger partial charge in [-0.25, -0.2) is 0 Å². The molecule has 1 aromatic carbocycles. The minimum absolute atomic E-state index is 0.488. The van der Waals surface area contributed by atoms with Gasteiger partial charge in [0.25, 0.3) is 0 Å². The Labute approximate surface area is 106 Å². The van der Waals surface area contributed by atoms with Crippen LogP contribution in [0.5, 0.6) is 5.75 Å². The molecule has 86 valence electrons. The van der Waals surface area contributed by atoms with Crippen LogP contribution in [0.2, 0.25) is 0 Å². The van der Waals surface area contributed by atoms with Crippen LogP contribution in [0.4, 0.5) is 0 Å². The predicted octanol–water partition coefficient (Wildman–Crippen LogP) is 4.47. The summed E-state index contributed by atoms with van der Waals surface area (Å²) >= 11 is 7.70. The fraction of sp³-hybridized carbons (Fsp3) is 0.385. The summed E-state index contributed by atoms with van der Waals surface area (Å²) in [5.41, 5.74) is 3.99. The molecule has 0 saturated carbocycles. The lowest BCUT2D eigenvalue weighted by Crippen LogP contribution is -2.03. The maximum absolute atomic E-state index is 5.84. The van der Waals surface area contributed by atoms with Gasteiger partial charge in [-0.2, -0.15) is 0 Å². The average molecular weight is 255 g/mol. The Morgan fingerprint density at radius 3 is 2.94 bits per heavy atom. The second-order valence-electron chi connectivity index (χ2n) is 3.86. The van der Waals surface area contributed by atoms with Gasteiger partial charge < -0.3 is 4.74 Å². The number of fused-ring (bicyclic) bond motifs is 1. The van der Waals surface area contributed by atoms with E-state index in [1.165, 1.54) is 16.7 Å². The van der Waals surface area contributed by atoms with E-state index in [9.17, 15) is 0 Å². The summed E-state index contributed by atoms with van der Waals surface area (Å²) in [4.78, 5) is 0. The lowest BCUT2D eigenvalue weighted by molar-refractivity contribution is 0.414. The highest BCUT2D eigenvalue weighted by molar-refractivity contribution is 8.02. The first-order valence-corrected chi connectivity index (χ1v) is 6.80. The van der Waals surface area contributed by atoms with Gasteiger partial charge in [0.2, 0.25) is 0 Å². The van der Waals surface area contributed by atoms with Gasteiger partial charge in [-0.3, -0.25) is 0 Å². The Balaban J connectivity index is 2.41. The number of thioether (sulfide) groups is 1. The van der Waals surface area contributed by atoms with Gasteiger partial charge in [-0.1, -0.05) is 6.07 Å². The maximum Gasteiger partial charge on any atom is 0.119 e. The van der Waals surface area contributed by atoms with Crippen LogP contribution >= 0.6 is 23.4 Å². The Kier molecular flexibility index (Phi) is 3.82. The molecule has 1 atom stereocenters. The molecule has 0 fully saturated rings. The fourth-order valence-corrected chi connectivity index (χ4v) is 3.38. The van der Waals surface area contributed by atoms with Gasteiger partial charge in [-0.05, 0) is 47.6 Å². The predicted molar refractivity (Wildman–Crippen MR) is 72.3 cm³/mol. The zero-order chi connectivity index (χ0) is 11.5. The normalized spacial score (nSPS) is 18.9. The Morgan fingerprint density at radius 1 is 1.44 bits per heavy atom. The number of methoxy groups -OCH3 is 1. The summed E-state index contributed by atoms with van der Waals surface area (Å²) in [6.07, 6.45) is 1.01. The van der Waals surface area contributed by atoms with Crippen molar-refractivity contribution in [3.05, 3.63) is 34.7 Å². The van der Waals surface area contributed by atoms with Gasteiger partial charge in [0, 0.05) is 11.1 Å². The third-order valence-electron chi connectivity index (χ3n) is 2.81. The molecule has 3 heteroatoms. The SMILES string of the molecule is COc1ccc2c(c1)C(C)=CSC2CCCl. The van der Waals surface area contributed by atoms with E-state index in [0.717, 1.165) is 12.2 Å². The van der Waals surface area contributed by atoms with Crippen molar-refractivity contribution >= 4 is 28.9 Å². The van der Waals surface area contributed by atoms with Crippen LogP contribution in [0.25, 0.3) is 5.57 Å². The van der Waals surface area contributed by atoms with E-state index >= 15 is 0 Å². The highest BCUT2D eigenvalue weighted by atomic mass is 35.5. The van der Waals surface area contributed by atoms with Crippen molar-refractivity contribution in [2.75, 3.05) is 13.0 Å². The average Bonchev–Trinajstić information content (AvgIpc) is 2.33. The zero-order valence-electron chi connectivity index (χ0n) is 9.50. The molecular formula is C13H15ClOS. The minimum atomic E-state index is 0.488. The molecule has 2 rings (SSSR count). The highest BCUT2D eigenvalue weighted by Gasteiger charge is 2.20. The number of alkyl halides is 1. The van der Waals surface area contributed by atoms with Gasteiger partial charge in [0.1, 0.15) is 5.75 Å². The Bertz CT molecular complexity index is 414. The number of allylic oxidation sites excluding steroid dienone is 1. The molecule has 1 aliphatic heterocycles. The molecule has 1 unspecified atom stereocenters. The molecule has 16 heavy (non-hydrogen) atoms. The first kappa shape index (κ1) is 11.9. The summed E-state index contributed by atoms with van der Waals surface area (Å²) in [6.45, 7) is 2.14. The van der Waals surface area contributed by atoms with Crippen molar-refractivity contribution in [3.63, 3.8) is 0 Å². The van der Waals surface area contributed by atoms with Crippen LogP contribution in [-0.4, -0.2) is 13.0 Å². The van der Waals surface area contributed by atoms with Crippen molar-refractivity contribution in [3.8, 4) is 5.75 Å². The highest BCUT2D eigenvalue weighted by Crippen LogP contribution is 2.44. The molecule has 0 amide bonds. The number of hydrogen-bond donors (Lipinski definition) is 0. The number of hydrogen-bond acceptors (Lipinski definition) is 2. The third kappa shape index (κ3) is 2.23. The second-order valence-corrected chi connectivity index (χ2v) is 5.31. The van der Waals surface area contributed by atoms with Crippen LogP contribution in [0.15, 0.2) is 23.6 Å². The van der Waals surface area contributed by atoms with Crippen LogP contribution in [-0.2, 0) is 0 Å². The fourth-order valence-electron chi connectivity index (χ4n) is 1.93. The number of ether oxygens (including phenoxy) is 1. The first-order chi connectivity index (χ1) is 7.76. The molecule has 1 aromatic rings. The smallest absolute Gasteiger partial charge is 0.119 e. The third-order valence-corrected chi connectivity index (χ3v) is 4.34. The molecule has 1 heterocycles. The largest absolute Gasteiger partial charge is 0.497 e. The van der Waals surface area contributed by atoms with E-state index in [1.807, 2.05) is 17.8 Å². The standard InChI is InChI=1S/C13H15ClOS/c1-9-8-16-13(5-6-14)11-4-3-10(15-2)7-12(9)11/h3-4,7-8,13H,5-6H2,1-2H3. The van der Waals surface area contributed by atoms with Crippen LogP contribution in [0.1, 0.15) is 29.7 Å². The van der Waals surface area contributed by atoms with Gasteiger partial charge in [0.15, 0.2) is 0 Å². The molecule has 0 radical (unpaired) electrons. The van der Waals surface area contributed by atoms with Crippen molar-refractivity contribution in [2.45, 2.75) is 18.6 Å². The van der Waals surface area contributed by atoms with E-state index in [0.29, 0.717) is 11.1 Å². The van der Waals surface area contributed by atoms with Crippen molar-refractivity contribution < 1.29 is 4.74 Å². The Morgan fingerprint density at radius 2 is 2.25 bits per heavy atom. The van der Waals surface area contributed by atoms with E-state index < -0.39 is 0 Å². The molecular weight excluding hydrogens is 240 g/mol. The van der Waals surface area contributed by atoms with Crippen LogP contribution in [0.3, 0.4) is 0 Å². The monoisotopic (exact) mass is 254 g/mol. The summed E-state index contributed by atoms with van der Waals surface area (Å²) < 4.78 is 5.26. The van der Waals surface area contributed by atoms with Crippen LogP contribution < -0.4 is 4.74 Å². The van der Waals surface area contributed by atoms with Gasteiger partial charge in [0.05, 0.1) is 7.11 Å². The molecule has 1 aliphatic rings. The molecule has 0 aromatic heterocycles. The zero-order valence-corrected chi connectivity index (χ0v) is 11.1. The number of halogens is 1. The lowest BCUT2D eigenvalue weighted by Gasteiger charge is -2.23. The van der Waals surface area contributed by atoms with E-state index in [1.54, 1.807) is 7.11 Å². The molecule has 0 N–H and O–H groups in total. The van der Waals surface area contributed by atoms with Crippen molar-refractivity contribution in [1.82, 2.24) is 0 Å². The van der Waals surface area contributed by atoms with E-state index in [-0.39, 0.29) is 0 Å². The number of rotatable bonds is 3. The molecule has 0 saturated heterocycles. The minimum Gasteiger partial charge on any atom is -0.497 e. The van der Waals surface area contributed by atoms with Crippen LogP contribution in [0, 0.1) is 0 Å².